The van der Waals surface area contributed by atoms with E-state index in [2.05, 4.69) is 33.4 Å². The van der Waals surface area contributed by atoms with Crippen LogP contribution >= 0.6 is 22.7 Å². The molecule has 3 aromatic heterocycles. The summed E-state index contributed by atoms with van der Waals surface area (Å²) in [5.41, 5.74) is 5.60. The van der Waals surface area contributed by atoms with Crippen molar-refractivity contribution in [3.8, 4) is 21.9 Å². The second-order valence-corrected chi connectivity index (χ2v) is 17.2. The number of allylic oxidation sites excluding steroid dienone is 2. The third-order valence-electron chi connectivity index (χ3n) is 8.71. The Hall–Kier alpha value is -4.31. The molecule has 0 saturated carbocycles. The minimum atomic E-state index is -4.41. The van der Waals surface area contributed by atoms with Crippen LogP contribution in [0.1, 0.15) is 31.2 Å². The number of hydrogen-bond donors (Lipinski definition) is 0. The van der Waals surface area contributed by atoms with E-state index in [1.165, 1.54) is 0 Å². The lowest BCUT2D eigenvalue weighted by molar-refractivity contribution is -0.668. The van der Waals surface area contributed by atoms with E-state index >= 15 is 0 Å². The van der Waals surface area contributed by atoms with Crippen molar-refractivity contribution in [2.24, 2.45) is 0 Å². The molecule has 3 aromatic carbocycles. The second-order valence-electron chi connectivity index (χ2n) is 12.2. The van der Waals surface area contributed by atoms with Crippen LogP contribution < -0.4 is 14.2 Å². The van der Waals surface area contributed by atoms with Gasteiger partial charge >= 0.3 is 0 Å². The maximum Gasteiger partial charge on any atom is 0.263 e. The van der Waals surface area contributed by atoms with Crippen molar-refractivity contribution in [2.75, 3.05) is 23.0 Å². The number of ether oxygens (including phenoxy) is 1. The minimum absolute atomic E-state index is 0.110. The zero-order chi connectivity index (χ0) is 35.8. The number of aromatic nitrogens is 2. The molecule has 10 nitrogen and oxygen atoms in total. The average molecular weight is 761 g/mol. The number of nitrogens with zero attached hydrogens (tertiary/aromatic N) is 3. The molecule has 1 aliphatic heterocycles. The van der Waals surface area contributed by atoms with Crippen molar-refractivity contribution in [3.05, 3.63) is 113 Å². The molecule has 7 rings (SSSR count). The summed E-state index contributed by atoms with van der Waals surface area (Å²) in [7, 11) is -8.78. The van der Waals surface area contributed by atoms with Gasteiger partial charge in [-0.1, -0.05) is 48.6 Å². The number of anilines is 1. The van der Waals surface area contributed by atoms with Gasteiger partial charge in [-0.3, -0.25) is 0 Å². The first-order chi connectivity index (χ1) is 24.5. The normalized spacial score (nSPS) is 14.5. The van der Waals surface area contributed by atoms with Crippen LogP contribution in [0.4, 0.5) is 5.69 Å². The lowest BCUT2D eigenvalue weighted by Gasteiger charge is -2.20. The molecule has 0 bridgehead atoms. The van der Waals surface area contributed by atoms with Gasteiger partial charge in [-0.15, -0.1) is 11.3 Å². The summed E-state index contributed by atoms with van der Waals surface area (Å²) < 4.78 is 80.6. The number of rotatable bonds is 13. The molecule has 4 heterocycles. The summed E-state index contributed by atoms with van der Waals surface area (Å²) in [6.07, 6.45) is 6.86. The Morgan fingerprint density at radius 2 is 1.73 bits per heavy atom. The molecule has 0 N–H and O–H groups in total. The Morgan fingerprint density at radius 1 is 0.922 bits per heavy atom. The number of aryl methyl sites for hydroxylation is 1. The Labute approximate surface area is 304 Å². The van der Waals surface area contributed by atoms with Crippen LogP contribution in [-0.4, -0.2) is 48.6 Å². The monoisotopic (exact) mass is 760 g/mol. The summed E-state index contributed by atoms with van der Waals surface area (Å²) in [4.78, 5) is 3.02. The summed E-state index contributed by atoms with van der Waals surface area (Å²) in [6, 6.07) is 26.2. The largest absolute Gasteiger partial charge is 0.748 e. The zero-order valence-electron chi connectivity index (χ0n) is 27.6. The van der Waals surface area contributed by atoms with Gasteiger partial charge in [0, 0.05) is 59.5 Å². The van der Waals surface area contributed by atoms with Gasteiger partial charge in [0.05, 0.1) is 31.4 Å². The van der Waals surface area contributed by atoms with E-state index in [0.29, 0.717) is 24.6 Å². The minimum Gasteiger partial charge on any atom is -0.748 e. The van der Waals surface area contributed by atoms with Crippen LogP contribution in [0.2, 0.25) is 0 Å². The van der Waals surface area contributed by atoms with Crippen LogP contribution in [-0.2, 0) is 26.8 Å². The van der Waals surface area contributed by atoms with Crippen molar-refractivity contribution in [1.29, 1.82) is 0 Å². The van der Waals surface area contributed by atoms with E-state index < -0.39 is 31.7 Å². The molecule has 51 heavy (non-hydrogen) atoms. The molecule has 0 spiro atoms. The van der Waals surface area contributed by atoms with E-state index in [-0.39, 0.29) is 19.4 Å². The van der Waals surface area contributed by atoms with Gasteiger partial charge < -0.3 is 23.3 Å². The highest BCUT2D eigenvalue weighted by atomic mass is 32.2. The fourth-order valence-corrected chi connectivity index (χ4v) is 9.12. The smallest absolute Gasteiger partial charge is 0.263 e. The summed E-state index contributed by atoms with van der Waals surface area (Å²) >= 11 is 3.21. The van der Waals surface area contributed by atoms with E-state index in [0.717, 1.165) is 53.5 Å². The molecule has 0 fully saturated rings. The average Bonchev–Trinajstić information content (AvgIpc) is 3.89. The predicted octanol–water partition coefficient (Wildman–Crippen LogP) is 7.27. The molecule has 1 aliphatic rings. The summed E-state index contributed by atoms with van der Waals surface area (Å²) in [6.45, 7) is 2.60. The lowest BCUT2D eigenvalue weighted by atomic mass is 10.1. The highest BCUT2D eigenvalue weighted by Crippen LogP contribution is 2.42. The number of hydrogen-bond acceptors (Lipinski definition) is 10. The first-order valence-electron chi connectivity index (χ1n) is 16.4. The predicted molar refractivity (Wildman–Crippen MR) is 201 cm³/mol. The first kappa shape index (κ1) is 35.1. The number of benzene rings is 3. The van der Waals surface area contributed by atoms with Gasteiger partial charge in [-0.2, -0.15) is 4.57 Å². The highest BCUT2D eigenvalue weighted by Gasteiger charge is 2.28. The number of thiophene rings is 1. The van der Waals surface area contributed by atoms with Crippen molar-refractivity contribution in [3.63, 3.8) is 0 Å². The van der Waals surface area contributed by atoms with Gasteiger partial charge in [0.15, 0.2) is 12.3 Å². The highest BCUT2D eigenvalue weighted by molar-refractivity contribution is 7.85. The lowest BCUT2D eigenvalue weighted by Crippen LogP contribution is -2.36. The molecular formula is C37H34N3O7S4-. The van der Waals surface area contributed by atoms with Crippen molar-refractivity contribution in [1.82, 2.24) is 4.57 Å². The first-order valence-corrected chi connectivity index (χ1v) is 21.3. The van der Waals surface area contributed by atoms with Crippen molar-refractivity contribution >= 4 is 75.8 Å². The van der Waals surface area contributed by atoms with Crippen LogP contribution in [0.15, 0.2) is 108 Å². The van der Waals surface area contributed by atoms with Gasteiger partial charge in [-0.25, -0.2) is 16.8 Å². The SMILES string of the molecule is CCC(/C=C1\Oc2ccc(-n3ccc4ccccc43)cc2N1CCCS(=O)(=O)[O-])=C\c1sc2ccc(-c3cccs3)cc2[n+]1CCCS(=O)(=O)[O-]. The van der Waals surface area contributed by atoms with Gasteiger partial charge in [0.2, 0.25) is 11.4 Å². The summed E-state index contributed by atoms with van der Waals surface area (Å²) in [5, 5.41) is 4.00. The Balaban J connectivity index is 1.27. The van der Waals surface area contributed by atoms with Gasteiger partial charge in [-0.05, 0) is 77.2 Å². The molecular weight excluding hydrogens is 727 g/mol. The summed E-state index contributed by atoms with van der Waals surface area (Å²) in [5.74, 6) is 0.148. The third-order valence-corrected chi connectivity index (χ3v) is 12.3. The van der Waals surface area contributed by atoms with E-state index in [4.69, 9.17) is 4.74 Å². The Bertz CT molecular complexity index is 2520. The van der Waals surface area contributed by atoms with Crippen LogP contribution in [0, 0.1) is 0 Å². The fraction of sp³-hybridized carbons (Fsp3) is 0.216. The number of para-hydroxylation sites is 1. The molecule has 0 aliphatic carbocycles. The molecule has 0 radical (unpaired) electrons. The fourth-order valence-electron chi connectivity index (χ4n) is 6.28. The van der Waals surface area contributed by atoms with Crippen LogP contribution in [0.5, 0.6) is 5.75 Å². The maximum atomic E-state index is 11.5. The van der Waals surface area contributed by atoms with Crippen molar-refractivity contribution in [2.45, 2.75) is 32.7 Å². The van der Waals surface area contributed by atoms with E-state index in [1.807, 2.05) is 90.1 Å². The van der Waals surface area contributed by atoms with E-state index in [1.54, 1.807) is 22.7 Å². The zero-order valence-corrected chi connectivity index (χ0v) is 30.9. The number of thiazole rings is 1. The number of fused-ring (bicyclic) bond motifs is 3. The van der Waals surface area contributed by atoms with Gasteiger partial charge in [0.25, 0.3) is 5.01 Å². The molecule has 264 valence electrons. The Morgan fingerprint density at radius 3 is 2.49 bits per heavy atom. The Kier molecular flexibility index (Phi) is 9.89. The molecule has 0 saturated heterocycles. The quantitative estimate of drug-likeness (QED) is 0.0887. The van der Waals surface area contributed by atoms with Crippen molar-refractivity contribution < 1.29 is 35.2 Å². The second kappa shape index (κ2) is 14.4. The topological polar surface area (TPSA) is 136 Å². The van der Waals surface area contributed by atoms with Crippen LogP contribution in [0.3, 0.4) is 0 Å². The standard InChI is InChI=1S/C37H35N3O7S4/c1-2-26(23-37-40(17-7-21-51(44,45)46)32-24-28(11-14-35(32)49-37)34-10-5-19-48-34)22-36-39(16-6-20-50(41,42)43)31-25-29(12-13-33(31)47-36)38-18-15-27-8-3-4-9-30(27)38/h3-5,8-15,18-19,22-25H,2,6-7,16-17,20-21H2,1H3,(H-,41,42,43,44,45,46)/p-1. The van der Waals surface area contributed by atoms with E-state index in [9.17, 15) is 25.9 Å². The van der Waals surface area contributed by atoms with Crippen LogP contribution in [0.25, 0.3) is 43.3 Å². The molecule has 14 heteroatoms. The molecule has 0 amide bonds. The maximum absolute atomic E-state index is 11.5. The third kappa shape index (κ3) is 7.96. The van der Waals surface area contributed by atoms with Gasteiger partial charge in [0.1, 0.15) is 4.70 Å². The molecule has 6 aromatic rings. The molecule has 0 unspecified atom stereocenters. The molecule has 0 atom stereocenters.